The molecule has 0 aliphatic rings. The fourth-order valence-electron chi connectivity index (χ4n) is 0.934. The molecule has 0 radical (unpaired) electrons. The number of hydrogen-bond acceptors (Lipinski definition) is 1. The smallest absolute Gasteiger partial charge is 0.302 e. The standard InChI is InChI=1S/C8H12F3NO/c1-2-3-4-5(8(12)13)6(9)7(10)11/h5H,2-4H2,1H3,(H2,12,13). The van der Waals surface area contributed by atoms with Gasteiger partial charge in [-0.3, -0.25) is 4.79 Å². The molecule has 5 heteroatoms. The van der Waals surface area contributed by atoms with Crippen molar-refractivity contribution < 1.29 is 18.0 Å². The highest BCUT2D eigenvalue weighted by Crippen LogP contribution is 2.23. The lowest BCUT2D eigenvalue weighted by Crippen LogP contribution is -2.24. The molecule has 0 aromatic heterocycles. The van der Waals surface area contributed by atoms with Crippen LogP contribution in [0.3, 0.4) is 0 Å². The lowest BCUT2D eigenvalue weighted by atomic mass is 10.0. The Balaban J connectivity index is 4.43. The van der Waals surface area contributed by atoms with Crippen LogP contribution < -0.4 is 5.73 Å². The van der Waals surface area contributed by atoms with Crippen molar-refractivity contribution in [1.29, 1.82) is 0 Å². The van der Waals surface area contributed by atoms with Crippen molar-refractivity contribution in [3.63, 3.8) is 0 Å². The minimum Gasteiger partial charge on any atom is -0.369 e. The summed E-state index contributed by atoms with van der Waals surface area (Å²) in [6.07, 6.45) is -1.23. The molecule has 0 saturated carbocycles. The molecule has 2 N–H and O–H groups in total. The normalized spacial score (nSPS) is 12.3. The van der Waals surface area contributed by atoms with Gasteiger partial charge in [-0.1, -0.05) is 19.8 Å². The van der Waals surface area contributed by atoms with Crippen LogP contribution in [0.2, 0.25) is 0 Å². The summed E-state index contributed by atoms with van der Waals surface area (Å²) >= 11 is 0. The summed E-state index contributed by atoms with van der Waals surface area (Å²) in [5, 5.41) is 0. The average Bonchev–Trinajstić information content (AvgIpc) is 2.04. The van der Waals surface area contributed by atoms with E-state index < -0.39 is 23.7 Å². The number of primary amides is 1. The lowest BCUT2D eigenvalue weighted by Gasteiger charge is -2.08. The summed E-state index contributed by atoms with van der Waals surface area (Å²) in [6, 6.07) is 0. The van der Waals surface area contributed by atoms with Crippen molar-refractivity contribution in [2.45, 2.75) is 26.2 Å². The molecule has 0 aromatic rings. The van der Waals surface area contributed by atoms with E-state index >= 15 is 0 Å². The van der Waals surface area contributed by atoms with E-state index in [0.29, 0.717) is 12.8 Å². The van der Waals surface area contributed by atoms with E-state index in [1.54, 1.807) is 0 Å². The molecule has 0 saturated heterocycles. The molecule has 1 atom stereocenters. The number of carbonyl (C=O) groups is 1. The molecule has 76 valence electrons. The van der Waals surface area contributed by atoms with Gasteiger partial charge in [0.1, 0.15) is 0 Å². The average molecular weight is 195 g/mol. The van der Waals surface area contributed by atoms with E-state index in [-0.39, 0.29) is 6.42 Å². The van der Waals surface area contributed by atoms with Gasteiger partial charge in [0.2, 0.25) is 5.91 Å². The largest absolute Gasteiger partial charge is 0.369 e. The molecule has 13 heavy (non-hydrogen) atoms. The Labute approximate surface area is 74.6 Å². The van der Waals surface area contributed by atoms with Gasteiger partial charge < -0.3 is 5.73 Å². The van der Waals surface area contributed by atoms with Crippen molar-refractivity contribution >= 4 is 5.91 Å². The molecule has 0 aliphatic heterocycles. The van der Waals surface area contributed by atoms with Gasteiger partial charge >= 0.3 is 6.08 Å². The zero-order valence-corrected chi connectivity index (χ0v) is 7.32. The van der Waals surface area contributed by atoms with Crippen LogP contribution in [0.5, 0.6) is 0 Å². The first kappa shape index (κ1) is 12.0. The maximum absolute atomic E-state index is 12.6. The molecular weight excluding hydrogens is 183 g/mol. The molecule has 0 spiro atoms. The number of halogens is 3. The fraction of sp³-hybridized carbons (Fsp3) is 0.625. The van der Waals surface area contributed by atoms with E-state index in [1.807, 2.05) is 6.92 Å². The lowest BCUT2D eigenvalue weighted by molar-refractivity contribution is -0.121. The Hall–Kier alpha value is -1.00. The summed E-state index contributed by atoms with van der Waals surface area (Å²) < 4.78 is 36.1. The molecule has 0 aromatic carbocycles. The summed E-state index contributed by atoms with van der Waals surface area (Å²) in [6.45, 7) is 1.81. The first-order chi connectivity index (χ1) is 6.00. The highest BCUT2D eigenvalue weighted by atomic mass is 19.3. The zero-order chi connectivity index (χ0) is 10.4. The van der Waals surface area contributed by atoms with Crippen LogP contribution in [-0.2, 0) is 4.79 Å². The predicted molar refractivity (Wildman–Crippen MR) is 42.6 cm³/mol. The second kappa shape index (κ2) is 5.61. The van der Waals surface area contributed by atoms with Crippen LogP contribution >= 0.6 is 0 Å². The van der Waals surface area contributed by atoms with E-state index in [2.05, 4.69) is 0 Å². The van der Waals surface area contributed by atoms with Gasteiger partial charge in [0, 0.05) is 0 Å². The molecule has 1 unspecified atom stereocenters. The van der Waals surface area contributed by atoms with E-state index in [4.69, 9.17) is 5.73 Å². The summed E-state index contributed by atoms with van der Waals surface area (Å²) in [5.74, 6) is -4.20. The number of nitrogens with two attached hydrogens (primary N) is 1. The van der Waals surface area contributed by atoms with Gasteiger partial charge in [0.05, 0.1) is 5.92 Å². The minimum atomic E-state index is -2.46. The molecule has 0 fully saturated rings. The monoisotopic (exact) mass is 195 g/mol. The Kier molecular flexibility index (Phi) is 5.18. The third-order valence-corrected chi connectivity index (χ3v) is 1.68. The molecule has 0 rings (SSSR count). The first-order valence-corrected chi connectivity index (χ1v) is 4.00. The number of unbranched alkanes of at least 4 members (excludes halogenated alkanes) is 1. The van der Waals surface area contributed by atoms with Gasteiger partial charge in [-0.2, -0.15) is 8.78 Å². The Morgan fingerprint density at radius 2 is 1.92 bits per heavy atom. The summed E-state index contributed by atoms with van der Waals surface area (Å²) in [7, 11) is 0. The number of amides is 1. The van der Waals surface area contributed by atoms with Crippen molar-refractivity contribution in [2.24, 2.45) is 11.7 Å². The fourth-order valence-corrected chi connectivity index (χ4v) is 0.934. The molecule has 0 bridgehead atoms. The molecule has 0 aliphatic carbocycles. The Morgan fingerprint density at radius 3 is 2.23 bits per heavy atom. The topological polar surface area (TPSA) is 43.1 Å². The van der Waals surface area contributed by atoms with Crippen LogP contribution in [0.4, 0.5) is 13.2 Å². The number of carbonyl (C=O) groups excluding carboxylic acids is 1. The van der Waals surface area contributed by atoms with E-state index in [0.717, 1.165) is 0 Å². The number of rotatable bonds is 5. The highest BCUT2D eigenvalue weighted by Gasteiger charge is 2.24. The Bertz CT molecular complexity index is 211. The maximum Gasteiger partial charge on any atom is 0.302 e. The molecule has 0 heterocycles. The van der Waals surface area contributed by atoms with Crippen LogP contribution in [0.15, 0.2) is 11.9 Å². The van der Waals surface area contributed by atoms with E-state index in [1.165, 1.54) is 0 Å². The van der Waals surface area contributed by atoms with Gasteiger partial charge in [0.25, 0.3) is 0 Å². The van der Waals surface area contributed by atoms with E-state index in [9.17, 15) is 18.0 Å². The minimum absolute atomic E-state index is 0.0367. The third-order valence-electron chi connectivity index (χ3n) is 1.68. The summed E-state index contributed by atoms with van der Waals surface area (Å²) in [4.78, 5) is 10.6. The van der Waals surface area contributed by atoms with Crippen LogP contribution in [0.1, 0.15) is 26.2 Å². The maximum atomic E-state index is 12.6. The Morgan fingerprint density at radius 1 is 1.38 bits per heavy atom. The SMILES string of the molecule is CCCCC(C(N)=O)C(F)=C(F)F. The van der Waals surface area contributed by atoms with Crippen molar-refractivity contribution in [2.75, 3.05) is 0 Å². The quantitative estimate of drug-likeness (QED) is 0.718. The second-order valence-electron chi connectivity index (χ2n) is 2.71. The van der Waals surface area contributed by atoms with Crippen molar-refractivity contribution in [3.05, 3.63) is 11.9 Å². The number of hydrogen-bond donors (Lipinski definition) is 1. The highest BCUT2D eigenvalue weighted by molar-refractivity contribution is 5.79. The molecule has 2 nitrogen and oxygen atoms in total. The predicted octanol–water partition coefficient (Wildman–Crippen LogP) is 2.36. The van der Waals surface area contributed by atoms with Gasteiger partial charge in [-0.25, -0.2) is 4.39 Å². The second-order valence-corrected chi connectivity index (χ2v) is 2.71. The van der Waals surface area contributed by atoms with Gasteiger partial charge in [0.15, 0.2) is 5.83 Å². The molecular formula is C8H12F3NO. The summed E-state index contributed by atoms with van der Waals surface area (Å²) in [5.41, 5.74) is 4.77. The van der Waals surface area contributed by atoms with Crippen LogP contribution in [-0.4, -0.2) is 5.91 Å². The first-order valence-electron chi connectivity index (χ1n) is 4.00. The van der Waals surface area contributed by atoms with Crippen LogP contribution in [0.25, 0.3) is 0 Å². The van der Waals surface area contributed by atoms with Gasteiger partial charge in [-0.05, 0) is 6.42 Å². The van der Waals surface area contributed by atoms with Gasteiger partial charge in [-0.15, -0.1) is 0 Å². The van der Waals surface area contributed by atoms with Crippen LogP contribution in [0, 0.1) is 5.92 Å². The van der Waals surface area contributed by atoms with Crippen molar-refractivity contribution in [1.82, 2.24) is 0 Å². The third kappa shape index (κ3) is 3.96. The molecule has 1 amide bonds. The van der Waals surface area contributed by atoms with Crippen molar-refractivity contribution in [3.8, 4) is 0 Å². The zero-order valence-electron chi connectivity index (χ0n) is 7.32.